The Morgan fingerprint density at radius 1 is 0.420 bits per heavy atom. The van der Waals surface area contributed by atoms with Gasteiger partial charge >= 0.3 is 0 Å². The molecule has 4 aliphatic carbocycles. The van der Waals surface area contributed by atoms with Crippen molar-refractivity contribution in [3.05, 3.63) is 122 Å². The molecule has 0 saturated heterocycles. The van der Waals surface area contributed by atoms with Crippen LogP contribution >= 0.6 is 11.3 Å². The summed E-state index contributed by atoms with van der Waals surface area (Å²) in [6.07, 6.45) is 9.62. The van der Waals surface area contributed by atoms with Crippen LogP contribution in [0.25, 0.3) is 10.1 Å². The van der Waals surface area contributed by atoms with E-state index in [1.54, 1.807) is 44.5 Å². The summed E-state index contributed by atoms with van der Waals surface area (Å²) in [6, 6.07) is 26.6. The lowest BCUT2D eigenvalue weighted by Crippen LogP contribution is -2.62. The number of nitrogens with zero attached hydrogens (tertiary/aromatic N) is 2. The van der Waals surface area contributed by atoms with E-state index in [1.165, 1.54) is 122 Å². The smallest absolute Gasteiger partial charge is 0.254 e. The van der Waals surface area contributed by atoms with E-state index in [9.17, 15) is 0 Å². The third kappa shape index (κ3) is 5.68. The Morgan fingerprint density at radius 3 is 1.46 bits per heavy atom. The fourth-order valence-corrected chi connectivity index (χ4v) is 17.0. The van der Waals surface area contributed by atoms with Crippen LogP contribution in [0.1, 0.15) is 216 Å². The van der Waals surface area contributed by atoms with Crippen molar-refractivity contribution < 1.29 is 0 Å². The summed E-state index contributed by atoms with van der Waals surface area (Å²) in [4.78, 5) is 5.65. The molecule has 0 fully saturated rings. The minimum absolute atomic E-state index is 0.0773. The summed E-state index contributed by atoms with van der Waals surface area (Å²) < 4.78 is 1.44. The van der Waals surface area contributed by atoms with Gasteiger partial charge in [0, 0.05) is 27.2 Å². The Morgan fingerprint density at radius 2 is 0.884 bits per heavy atom. The van der Waals surface area contributed by atoms with Gasteiger partial charge in [-0.25, -0.2) is 0 Å². The first-order chi connectivity index (χ1) is 32.1. The highest BCUT2D eigenvalue weighted by molar-refractivity contribution is 7.26. The van der Waals surface area contributed by atoms with Gasteiger partial charge < -0.3 is 9.80 Å². The normalized spacial score (nSPS) is 24.6. The molecule has 0 N–H and O–H groups in total. The molecular weight excluding hydrogens is 852 g/mol. The fraction of sp³-hybridized carbons (Fsp3) is 0.508. The second-order valence-electron chi connectivity index (χ2n) is 28.6. The van der Waals surface area contributed by atoms with Crippen LogP contribution in [0.5, 0.6) is 0 Å². The van der Waals surface area contributed by atoms with Crippen molar-refractivity contribution in [3.8, 4) is 0 Å². The second-order valence-corrected chi connectivity index (χ2v) is 29.6. The summed E-state index contributed by atoms with van der Waals surface area (Å²) in [5, 5.41) is 2.89. The molecule has 5 aromatic carbocycles. The third-order valence-corrected chi connectivity index (χ3v) is 21.9. The first-order valence-corrected chi connectivity index (χ1v) is 27.8. The minimum Gasteiger partial charge on any atom is -0.311 e. The first kappa shape index (κ1) is 44.6. The minimum atomic E-state index is -0.103. The zero-order valence-electron chi connectivity index (χ0n) is 45.3. The highest BCUT2D eigenvalue weighted by atomic mass is 32.1. The largest absolute Gasteiger partial charge is 0.311 e. The molecule has 1 unspecified atom stereocenters. The quantitative estimate of drug-likeness (QED) is 0.151. The average Bonchev–Trinajstić information content (AvgIpc) is 3.64. The predicted octanol–water partition coefficient (Wildman–Crippen LogP) is 16.3. The Balaban J connectivity index is 1.19. The van der Waals surface area contributed by atoms with Gasteiger partial charge in [-0.3, -0.25) is 0 Å². The fourth-order valence-electron chi connectivity index (χ4n) is 15.7. The van der Waals surface area contributed by atoms with Crippen molar-refractivity contribution in [1.82, 2.24) is 0 Å². The van der Waals surface area contributed by atoms with Crippen molar-refractivity contribution in [2.45, 2.75) is 212 Å². The molecule has 4 heterocycles. The Labute approximate surface area is 419 Å². The monoisotopic (exact) mass is 929 g/mol. The lowest BCUT2D eigenvalue weighted by Gasteiger charge is -2.55. The molecule has 2 nitrogen and oxygen atoms in total. The average molecular weight is 929 g/mol. The summed E-state index contributed by atoms with van der Waals surface area (Å²) in [5.41, 5.74) is 28.9. The molecule has 7 aliphatic rings. The highest BCUT2D eigenvalue weighted by Gasteiger charge is 2.55. The van der Waals surface area contributed by atoms with Gasteiger partial charge in [0.1, 0.15) is 0 Å². The summed E-state index contributed by atoms with van der Waals surface area (Å²) in [7, 11) is 0. The SMILES string of the molecule is Cc1cc2c3c(c1)N1c4cc5c(cc4C4(C)CCC(C)(C)c6ccc(c1c64)B3c1c(sc3cc4c(cc13)C(C)(C)CCC4(C)C)N2c1cc2c(cc1C)C(C)(C)CCC2(C)C)C(C)(C)CCC5(C)C. The molecule has 1 atom stereocenters. The summed E-state index contributed by atoms with van der Waals surface area (Å²) in [5.74, 6) is 0. The van der Waals surface area contributed by atoms with E-state index in [4.69, 9.17) is 0 Å². The zero-order valence-corrected chi connectivity index (χ0v) is 46.1. The first-order valence-electron chi connectivity index (χ1n) is 27.0. The van der Waals surface area contributed by atoms with Crippen LogP contribution in [0.4, 0.5) is 33.4 Å². The van der Waals surface area contributed by atoms with E-state index in [2.05, 4.69) is 200 Å². The Bertz CT molecular complexity index is 3330. The number of anilines is 6. The van der Waals surface area contributed by atoms with Crippen molar-refractivity contribution >= 4 is 78.0 Å². The number of hydrogen-bond donors (Lipinski definition) is 0. The Hall–Kier alpha value is -4.28. The maximum absolute atomic E-state index is 2.85. The van der Waals surface area contributed by atoms with Gasteiger partial charge in [0.25, 0.3) is 6.71 Å². The number of fused-ring (bicyclic) bond motifs is 12. The number of benzene rings is 5. The van der Waals surface area contributed by atoms with E-state index < -0.39 is 0 Å². The number of aryl methyl sites for hydroxylation is 2. The van der Waals surface area contributed by atoms with Crippen LogP contribution in [-0.2, 0) is 43.3 Å². The lowest BCUT2D eigenvalue weighted by atomic mass is 9.32. The standard InChI is InChI=1S/C65H77BN2S/c1-36-28-50-55-51(29-36)68(48-33-43-40(30-37(48)2)59(5,6)20-23-62(43,11)12)57-54(38-31-41-45(35-52(38)69-57)64(15,16)25-21-60(41,7)8)66(55)47-19-18-39-53-56(47)67(50)49-34-44-42(61(9,10)22-24-63(44,13)14)32-46(49)65(53,17)27-26-58(39,3)4/h18-19,28-35H,20-27H2,1-17H3. The van der Waals surface area contributed by atoms with Crippen LogP contribution in [0.15, 0.2) is 60.7 Å². The van der Waals surface area contributed by atoms with E-state index >= 15 is 0 Å². The zero-order chi connectivity index (χ0) is 48.9. The van der Waals surface area contributed by atoms with E-state index in [-0.39, 0.29) is 50.0 Å². The molecule has 13 rings (SSSR count). The molecule has 0 spiro atoms. The van der Waals surface area contributed by atoms with Gasteiger partial charge in [0.15, 0.2) is 0 Å². The van der Waals surface area contributed by atoms with Gasteiger partial charge in [0.2, 0.25) is 0 Å². The van der Waals surface area contributed by atoms with Crippen LogP contribution < -0.4 is 26.2 Å². The molecule has 0 bridgehead atoms. The maximum atomic E-state index is 2.85. The van der Waals surface area contributed by atoms with Crippen LogP contribution in [0, 0.1) is 13.8 Å². The van der Waals surface area contributed by atoms with Crippen molar-refractivity contribution in [3.63, 3.8) is 0 Å². The molecule has 6 aromatic rings. The number of rotatable bonds is 1. The van der Waals surface area contributed by atoms with Crippen molar-refractivity contribution in [2.24, 2.45) is 0 Å². The van der Waals surface area contributed by atoms with Crippen molar-refractivity contribution in [1.29, 1.82) is 0 Å². The maximum Gasteiger partial charge on any atom is 0.254 e. The summed E-state index contributed by atoms with van der Waals surface area (Å²) >= 11 is 2.07. The molecule has 356 valence electrons. The van der Waals surface area contributed by atoms with Crippen molar-refractivity contribution in [2.75, 3.05) is 9.80 Å². The summed E-state index contributed by atoms with van der Waals surface area (Å²) in [6.45, 7) is 42.7. The molecule has 0 amide bonds. The van der Waals surface area contributed by atoms with Gasteiger partial charge in [0.05, 0.1) is 16.4 Å². The molecule has 3 aliphatic heterocycles. The van der Waals surface area contributed by atoms with Crippen LogP contribution in [-0.4, -0.2) is 6.71 Å². The molecule has 1 aromatic heterocycles. The van der Waals surface area contributed by atoms with Gasteiger partial charge in [-0.15, -0.1) is 11.3 Å². The molecular formula is C65H77BN2S. The van der Waals surface area contributed by atoms with Gasteiger partial charge in [-0.2, -0.15) is 0 Å². The third-order valence-electron chi connectivity index (χ3n) is 20.7. The molecule has 0 saturated carbocycles. The number of hydrogen-bond acceptors (Lipinski definition) is 3. The van der Waals surface area contributed by atoms with E-state index in [0.29, 0.717) is 0 Å². The van der Waals surface area contributed by atoms with E-state index in [1.807, 2.05) is 0 Å². The van der Waals surface area contributed by atoms with Crippen LogP contribution in [0.3, 0.4) is 0 Å². The van der Waals surface area contributed by atoms with Gasteiger partial charge in [-0.1, -0.05) is 128 Å². The van der Waals surface area contributed by atoms with E-state index in [0.717, 1.165) is 6.42 Å². The second kappa shape index (κ2) is 13.2. The topological polar surface area (TPSA) is 6.48 Å². The van der Waals surface area contributed by atoms with Crippen LogP contribution in [0.2, 0.25) is 0 Å². The van der Waals surface area contributed by atoms with Gasteiger partial charge in [-0.05, 0) is 222 Å². The molecule has 4 heteroatoms. The highest BCUT2D eigenvalue weighted by Crippen LogP contribution is 2.63. The number of thiophene rings is 1. The predicted molar refractivity (Wildman–Crippen MR) is 300 cm³/mol. The molecule has 0 radical (unpaired) electrons. The Kier molecular flexibility index (Phi) is 8.55. The lowest BCUT2D eigenvalue weighted by molar-refractivity contribution is 0.327. The molecule has 69 heavy (non-hydrogen) atoms.